The number of carboxylic acid groups (broad SMARTS) is 1. The van der Waals surface area contributed by atoms with Crippen LogP contribution in [0.5, 0.6) is 0 Å². The van der Waals surface area contributed by atoms with Crippen molar-refractivity contribution in [1.29, 1.82) is 0 Å². The van der Waals surface area contributed by atoms with Crippen LogP contribution in [0, 0.1) is 23.7 Å². The van der Waals surface area contributed by atoms with E-state index in [0.717, 1.165) is 38.0 Å². The van der Waals surface area contributed by atoms with E-state index in [1.165, 1.54) is 0 Å². The van der Waals surface area contributed by atoms with Crippen LogP contribution in [0.2, 0.25) is 0 Å². The lowest BCUT2D eigenvalue weighted by atomic mass is 9.76. The lowest BCUT2D eigenvalue weighted by Crippen LogP contribution is -2.38. The molecule has 1 rings (SSSR count). The number of carboxylic acids is 1. The topological polar surface area (TPSA) is 66.4 Å². The average Bonchev–Trinajstić information content (AvgIpc) is 2.42. The maximum Gasteiger partial charge on any atom is 0.308 e. The molecule has 0 aromatic carbocycles. The first-order chi connectivity index (χ1) is 9.45. The van der Waals surface area contributed by atoms with E-state index in [-0.39, 0.29) is 18.4 Å². The summed E-state index contributed by atoms with van der Waals surface area (Å²) in [5.74, 6) is 0.313. The summed E-state index contributed by atoms with van der Waals surface area (Å²) in [4.78, 5) is 23.1. The van der Waals surface area contributed by atoms with Gasteiger partial charge in [-0.05, 0) is 43.9 Å². The van der Waals surface area contributed by atoms with Crippen LogP contribution < -0.4 is 5.32 Å². The molecule has 1 aliphatic carbocycles. The molecule has 2 N–H and O–H groups in total. The van der Waals surface area contributed by atoms with Gasteiger partial charge < -0.3 is 10.4 Å². The molecule has 0 spiro atoms. The van der Waals surface area contributed by atoms with Gasteiger partial charge in [-0.15, -0.1) is 0 Å². The zero-order valence-electron chi connectivity index (χ0n) is 13.0. The van der Waals surface area contributed by atoms with Crippen molar-refractivity contribution in [3.63, 3.8) is 0 Å². The lowest BCUT2D eigenvalue weighted by molar-refractivity contribution is -0.142. The molecule has 4 heteroatoms. The molecule has 1 atom stereocenters. The SMILES string of the molecule is CCCC(CNC(=O)C1CCC(C(C)C)CC1)C(=O)O. The first-order valence-corrected chi connectivity index (χ1v) is 7.96. The monoisotopic (exact) mass is 283 g/mol. The Morgan fingerprint density at radius 3 is 2.25 bits per heavy atom. The molecule has 1 aliphatic rings. The first-order valence-electron chi connectivity index (χ1n) is 7.96. The zero-order valence-corrected chi connectivity index (χ0v) is 13.0. The van der Waals surface area contributed by atoms with Crippen molar-refractivity contribution in [2.45, 2.75) is 59.3 Å². The number of carbonyl (C=O) groups is 2. The van der Waals surface area contributed by atoms with Gasteiger partial charge in [0.15, 0.2) is 0 Å². The number of nitrogens with one attached hydrogen (secondary N) is 1. The Morgan fingerprint density at radius 2 is 1.80 bits per heavy atom. The highest BCUT2D eigenvalue weighted by Crippen LogP contribution is 2.33. The van der Waals surface area contributed by atoms with Crippen molar-refractivity contribution in [2.75, 3.05) is 6.54 Å². The van der Waals surface area contributed by atoms with Crippen molar-refractivity contribution in [2.24, 2.45) is 23.7 Å². The van der Waals surface area contributed by atoms with Gasteiger partial charge in [-0.3, -0.25) is 9.59 Å². The number of aliphatic carboxylic acids is 1. The number of hydrogen-bond acceptors (Lipinski definition) is 2. The van der Waals surface area contributed by atoms with Gasteiger partial charge in [0.05, 0.1) is 5.92 Å². The van der Waals surface area contributed by atoms with Crippen LogP contribution in [0.1, 0.15) is 59.3 Å². The van der Waals surface area contributed by atoms with Crippen molar-refractivity contribution in [1.82, 2.24) is 5.32 Å². The maximum absolute atomic E-state index is 12.1. The highest BCUT2D eigenvalue weighted by Gasteiger charge is 2.28. The van der Waals surface area contributed by atoms with Crippen LogP contribution in [0.3, 0.4) is 0 Å². The predicted molar refractivity (Wildman–Crippen MR) is 79.3 cm³/mol. The Labute approximate surface area is 122 Å². The summed E-state index contributed by atoms with van der Waals surface area (Å²) in [6.07, 6.45) is 5.57. The first kappa shape index (κ1) is 17.0. The van der Waals surface area contributed by atoms with Gasteiger partial charge >= 0.3 is 5.97 Å². The largest absolute Gasteiger partial charge is 0.481 e. The van der Waals surface area contributed by atoms with Gasteiger partial charge in [0.2, 0.25) is 5.91 Å². The van der Waals surface area contributed by atoms with Gasteiger partial charge in [0.25, 0.3) is 0 Å². The average molecular weight is 283 g/mol. The lowest BCUT2D eigenvalue weighted by Gasteiger charge is -2.30. The van der Waals surface area contributed by atoms with Gasteiger partial charge in [-0.25, -0.2) is 0 Å². The fraction of sp³-hybridized carbons (Fsp3) is 0.875. The van der Waals surface area contributed by atoms with E-state index in [2.05, 4.69) is 19.2 Å². The molecular weight excluding hydrogens is 254 g/mol. The second kappa shape index (κ2) is 8.28. The summed E-state index contributed by atoms with van der Waals surface area (Å²) < 4.78 is 0. The van der Waals surface area contributed by atoms with E-state index in [4.69, 9.17) is 5.11 Å². The van der Waals surface area contributed by atoms with Gasteiger partial charge in [-0.1, -0.05) is 27.2 Å². The van der Waals surface area contributed by atoms with Gasteiger partial charge in [0.1, 0.15) is 0 Å². The number of carbonyl (C=O) groups excluding carboxylic acids is 1. The normalized spacial score (nSPS) is 24.4. The van der Waals surface area contributed by atoms with Crippen LogP contribution in [-0.2, 0) is 9.59 Å². The Bertz CT molecular complexity index is 320. The van der Waals surface area contributed by atoms with E-state index in [9.17, 15) is 9.59 Å². The summed E-state index contributed by atoms with van der Waals surface area (Å²) in [5, 5.41) is 11.9. The van der Waals surface area contributed by atoms with E-state index in [1.54, 1.807) is 0 Å². The van der Waals surface area contributed by atoms with Crippen LogP contribution >= 0.6 is 0 Å². The molecule has 116 valence electrons. The minimum absolute atomic E-state index is 0.0505. The third-order valence-corrected chi connectivity index (χ3v) is 4.59. The molecule has 0 heterocycles. The number of rotatable bonds is 7. The van der Waals surface area contributed by atoms with Crippen LogP contribution in [-0.4, -0.2) is 23.5 Å². The molecular formula is C16H29NO3. The minimum atomic E-state index is -0.810. The van der Waals surface area contributed by atoms with Crippen LogP contribution in [0.25, 0.3) is 0 Å². The standard InChI is InChI=1S/C16H29NO3/c1-4-5-14(16(19)20)10-17-15(18)13-8-6-12(7-9-13)11(2)3/h11-14H,4-10H2,1-3H3,(H,17,18)(H,19,20). The van der Waals surface area contributed by atoms with E-state index >= 15 is 0 Å². The van der Waals surface area contributed by atoms with Gasteiger partial charge in [-0.2, -0.15) is 0 Å². The number of amides is 1. The van der Waals surface area contributed by atoms with E-state index < -0.39 is 11.9 Å². The summed E-state index contributed by atoms with van der Waals surface area (Å²) in [6, 6.07) is 0. The number of hydrogen-bond donors (Lipinski definition) is 2. The Morgan fingerprint density at radius 1 is 1.20 bits per heavy atom. The van der Waals surface area contributed by atoms with Crippen molar-refractivity contribution >= 4 is 11.9 Å². The van der Waals surface area contributed by atoms with Crippen molar-refractivity contribution < 1.29 is 14.7 Å². The molecule has 1 fully saturated rings. The molecule has 20 heavy (non-hydrogen) atoms. The fourth-order valence-electron chi connectivity index (χ4n) is 3.08. The molecule has 1 amide bonds. The molecule has 0 aliphatic heterocycles. The Hall–Kier alpha value is -1.06. The van der Waals surface area contributed by atoms with Crippen molar-refractivity contribution in [3.8, 4) is 0 Å². The molecule has 0 radical (unpaired) electrons. The molecule has 4 nitrogen and oxygen atoms in total. The highest BCUT2D eigenvalue weighted by atomic mass is 16.4. The van der Waals surface area contributed by atoms with Gasteiger partial charge in [0, 0.05) is 12.5 Å². The smallest absolute Gasteiger partial charge is 0.308 e. The molecule has 0 bridgehead atoms. The summed E-state index contributed by atoms with van der Waals surface area (Å²) in [6.45, 7) is 6.72. The third-order valence-electron chi connectivity index (χ3n) is 4.59. The maximum atomic E-state index is 12.1. The predicted octanol–water partition coefficient (Wildman–Crippen LogP) is 3.07. The molecule has 1 saturated carbocycles. The summed E-state index contributed by atoms with van der Waals surface area (Å²) in [5.41, 5.74) is 0. The zero-order chi connectivity index (χ0) is 15.1. The van der Waals surface area contributed by atoms with E-state index in [1.807, 2.05) is 6.92 Å². The highest BCUT2D eigenvalue weighted by molar-refractivity contribution is 5.79. The Kier molecular flexibility index (Phi) is 7.03. The van der Waals surface area contributed by atoms with Crippen LogP contribution in [0.15, 0.2) is 0 Å². The fourth-order valence-corrected chi connectivity index (χ4v) is 3.08. The molecule has 0 aromatic rings. The Balaban J connectivity index is 2.35. The molecule has 0 aromatic heterocycles. The van der Waals surface area contributed by atoms with Crippen LogP contribution in [0.4, 0.5) is 0 Å². The summed E-state index contributed by atoms with van der Waals surface area (Å²) >= 11 is 0. The third kappa shape index (κ3) is 5.14. The minimum Gasteiger partial charge on any atom is -0.481 e. The second-order valence-corrected chi connectivity index (χ2v) is 6.42. The molecule has 0 saturated heterocycles. The second-order valence-electron chi connectivity index (χ2n) is 6.42. The van der Waals surface area contributed by atoms with E-state index in [0.29, 0.717) is 12.3 Å². The quantitative estimate of drug-likeness (QED) is 0.754. The molecule has 1 unspecified atom stereocenters. The summed E-state index contributed by atoms with van der Waals surface area (Å²) in [7, 11) is 0. The van der Waals surface area contributed by atoms with Crippen molar-refractivity contribution in [3.05, 3.63) is 0 Å².